The summed E-state index contributed by atoms with van der Waals surface area (Å²) in [7, 11) is 3.31. The third kappa shape index (κ3) is 2.29. The number of aromatic amines is 1. The lowest BCUT2D eigenvalue weighted by atomic mass is 9.86. The van der Waals surface area contributed by atoms with Gasteiger partial charge in [-0.1, -0.05) is 19.3 Å². The van der Waals surface area contributed by atoms with Crippen LogP contribution in [0.1, 0.15) is 54.2 Å². The highest BCUT2D eigenvalue weighted by Crippen LogP contribution is 2.34. The summed E-state index contributed by atoms with van der Waals surface area (Å²) in [6, 6.07) is 0. The van der Waals surface area contributed by atoms with Crippen LogP contribution in [0.3, 0.4) is 0 Å². The summed E-state index contributed by atoms with van der Waals surface area (Å²) in [6.45, 7) is 0. The number of carbonyl (C=O) groups excluding carboxylic acids is 1. The molecule has 0 radical (unpaired) electrons. The Labute approximate surface area is 106 Å². The van der Waals surface area contributed by atoms with E-state index < -0.39 is 0 Å². The van der Waals surface area contributed by atoms with Gasteiger partial charge in [-0.15, -0.1) is 0 Å². The smallest absolute Gasteiger partial charge is 0.356 e. The maximum absolute atomic E-state index is 11.7. The number of hydrogen-bond donors (Lipinski definition) is 1. The minimum absolute atomic E-state index is 0.322. The van der Waals surface area contributed by atoms with Crippen LogP contribution in [0.5, 0.6) is 0 Å². The van der Waals surface area contributed by atoms with Crippen LogP contribution in [0.4, 0.5) is 0 Å². The van der Waals surface area contributed by atoms with Crippen LogP contribution in [0, 0.1) is 4.77 Å². The number of methoxy groups -OCH3 is 1. The fourth-order valence-corrected chi connectivity index (χ4v) is 2.84. The van der Waals surface area contributed by atoms with Crippen molar-refractivity contribution >= 4 is 18.2 Å². The molecule has 1 fully saturated rings. The quantitative estimate of drug-likeness (QED) is 0.652. The molecular weight excluding hydrogens is 236 g/mol. The third-order valence-electron chi connectivity index (χ3n) is 3.54. The molecule has 0 aromatic carbocycles. The molecule has 0 bridgehead atoms. The van der Waals surface area contributed by atoms with E-state index in [-0.39, 0.29) is 5.97 Å². The van der Waals surface area contributed by atoms with Crippen molar-refractivity contribution in [3.8, 4) is 0 Å². The molecule has 1 aromatic heterocycles. The predicted octanol–water partition coefficient (Wildman–Crippen LogP) is 2.92. The van der Waals surface area contributed by atoms with Crippen molar-refractivity contribution in [1.82, 2.24) is 9.55 Å². The lowest BCUT2D eigenvalue weighted by Crippen LogP contribution is -2.14. The molecule has 17 heavy (non-hydrogen) atoms. The molecule has 0 amide bonds. The topological polar surface area (TPSA) is 47.0 Å². The zero-order chi connectivity index (χ0) is 12.4. The summed E-state index contributed by atoms with van der Waals surface area (Å²) in [5.74, 6) is 0.105. The van der Waals surface area contributed by atoms with Crippen molar-refractivity contribution in [2.24, 2.45) is 7.05 Å². The largest absolute Gasteiger partial charge is 0.464 e. The molecular formula is C12H18N2O2S. The molecule has 1 aromatic rings. The Balaban J connectivity index is 2.42. The van der Waals surface area contributed by atoms with E-state index in [1.54, 1.807) is 0 Å². The number of esters is 1. The Bertz CT molecular complexity index is 469. The third-order valence-corrected chi connectivity index (χ3v) is 3.91. The van der Waals surface area contributed by atoms with Crippen molar-refractivity contribution in [3.63, 3.8) is 0 Å². The summed E-state index contributed by atoms with van der Waals surface area (Å²) < 4.78 is 7.31. The van der Waals surface area contributed by atoms with Crippen LogP contribution in [0.25, 0.3) is 0 Å². The van der Waals surface area contributed by atoms with Gasteiger partial charge in [-0.3, -0.25) is 0 Å². The highest BCUT2D eigenvalue weighted by Gasteiger charge is 2.26. The predicted molar refractivity (Wildman–Crippen MR) is 67.8 cm³/mol. The SMILES string of the molecule is COC(=O)c1[nH]c(=S)n(C)c1C1CCCCC1. The maximum Gasteiger partial charge on any atom is 0.356 e. The molecule has 1 aliphatic rings. The standard InChI is InChI=1S/C12H18N2O2S/c1-14-10(8-6-4-3-5-7-8)9(11(15)16-2)13-12(14)17/h8H,3-7H2,1-2H3,(H,13,17). The van der Waals surface area contributed by atoms with E-state index >= 15 is 0 Å². The van der Waals surface area contributed by atoms with Crippen LogP contribution in [0.15, 0.2) is 0 Å². The maximum atomic E-state index is 11.7. The van der Waals surface area contributed by atoms with Crippen LogP contribution in [-0.2, 0) is 11.8 Å². The molecule has 0 atom stereocenters. The van der Waals surface area contributed by atoms with E-state index in [1.165, 1.54) is 26.4 Å². The van der Waals surface area contributed by atoms with Crippen molar-refractivity contribution in [1.29, 1.82) is 0 Å². The average molecular weight is 254 g/mol. The van der Waals surface area contributed by atoms with E-state index in [9.17, 15) is 4.79 Å². The summed E-state index contributed by atoms with van der Waals surface area (Å²) in [6.07, 6.45) is 6.00. The number of ether oxygens (including phenoxy) is 1. The monoisotopic (exact) mass is 254 g/mol. The second-order valence-electron chi connectivity index (χ2n) is 4.58. The molecule has 1 saturated carbocycles. The van der Waals surface area contributed by atoms with Gasteiger partial charge < -0.3 is 14.3 Å². The molecule has 0 spiro atoms. The van der Waals surface area contributed by atoms with Gasteiger partial charge in [-0.2, -0.15) is 0 Å². The van der Waals surface area contributed by atoms with Gasteiger partial charge in [-0.25, -0.2) is 4.79 Å². The van der Waals surface area contributed by atoms with Gasteiger partial charge in [-0.05, 0) is 25.1 Å². The molecule has 0 aliphatic heterocycles. The van der Waals surface area contributed by atoms with Gasteiger partial charge in [0.25, 0.3) is 0 Å². The zero-order valence-corrected chi connectivity index (χ0v) is 11.1. The molecule has 5 heteroatoms. The van der Waals surface area contributed by atoms with E-state index in [1.807, 2.05) is 11.6 Å². The Morgan fingerprint density at radius 2 is 2.06 bits per heavy atom. The average Bonchev–Trinajstić information content (AvgIpc) is 2.66. The summed E-state index contributed by atoms with van der Waals surface area (Å²) in [5.41, 5.74) is 1.55. The minimum atomic E-state index is -0.322. The lowest BCUT2D eigenvalue weighted by Gasteiger charge is -2.22. The van der Waals surface area contributed by atoms with Crippen molar-refractivity contribution in [2.75, 3.05) is 7.11 Å². The summed E-state index contributed by atoms with van der Waals surface area (Å²) in [5, 5.41) is 0. The fourth-order valence-electron chi connectivity index (χ4n) is 2.64. The number of nitrogens with one attached hydrogen (secondary N) is 1. The number of H-pyrrole nitrogens is 1. The van der Waals surface area contributed by atoms with Crippen LogP contribution in [-0.4, -0.2) is 22.6 Å². The molecule has 94 valence electrons. The van der Waals surface area contributed by atoms with Crippen LogP contribution >= 0.6 is 12.2 Å². The molecule has 0 unspecified atom stereocenters. The fraction of sp³-hybridized carbons (Fsp3) is 0.667. The molecule has 1 heterocycles. The van der Waals surface area contributed by atoms with E-state index in [4.69, 9.17) is 17.0 Å². The van der Waals surface area contributed by atoms with Crippen LogP contribution < -0.4 is 0 Å². The second-order valence-corrected chi connectivity index (χ2v) is 4.96. The number of nitrogens with zero attached hydrogens (tertiary/aromatic N) is 1. The van der Waals surface area contributed by atoms with Crippen LogP contribution in [0.2, 0.25) is 0 Å². The first kappa shape index (κ1) is 12.4. The number of hydrogen-bond acceptors (Lipinski definition) is 3. The second kappa shape index (κ2) is 5.04. The Hall–Kier alpha value is -1.10. The lowest BCUT2D eigenvalue weighted by molar-refractivity contribution is 0.0592. The van der Waals surface area contributed by atoms with Crippen molar-refractivity contribution < 1.29 is 9.53 Å². The number of aromatic nitrogens is 2. The van der Waals surface area contributed by atoms with Gasteiger partial charge in [0.15, 0.2) is 4.77 Å². The molecule has 1 aliphatic carbocycles. The van der Waals surface area contributed by atoms with Gasteiger partial charge in [0.1, 0.15) is 5.69 Å². The first-order chi connectivity index (χ1) is 8.15. The Morgan fingerprint density at radius 3 is 2.65 bits per heavy atom. The molecule has 1 N–H and O–H groups in total. The normalized spacial score (nSPS) is 17.1. The highest BCUT2D eigenvalue weighted by atomic mass is 32.1. The van der Waals surface area contributed by atoms with E-state index in [2.05, 4.69) is 4.98 Å². The van der Waals surface area contributed by atoms with E-state index in [0.29, 0.717) is 16.4 Å². The highest BCUT2D eigenvalue weighted by molar-refractivity contribution is 7.71. The Morgan fingerprint density at radius 1 is 1.41 bits per heavy atom. The molecule has 2 rings (SSSR count). The first-order valence-electron chi connectivity index (χ1n) is 6.02. The number of imidazole rings is 1. The van der Waals surface area contributed by atoms with E-state index in [0.717, 1.165) is 18.5 Å². The molecule has 4 nitrogen and oxygen atoms in total. The van der Waals surface area contributed by atoms with Crippen molar-refractivity contribution in [2.45, 2.75) is 38.0 Å². The summed E-state index contributed by atoms with van der Waals surface area (Å²) >= 11 is 5.20. The van der Waals surface area contributed by atoms with Gasteiger partial charge in [0, 0.05) is 13.0 Å². The van der Waals surface area contributed by atoms with Gasteiger partial charge >= 0.3 is 5.97 Å². The number of carbonyl (C=O) groups is 1. The number of rotatable bonds is 2. The Kier molecular flexibility index (Phi) is 3.66. The van der Waals surface area contributed by atoms with Crippen molar-refractivity contribution in [3.05, 3.63) is 16.2 Å². The zero-order valence-electron chi connectivity index (χ0n) is 10.3. The summed E-state index contributed by atoms with van der Waals surface area (Å²) in [4.78, 5) is 14.7. The minimum Gasteiger partial charge on any atom is -0.464 e. The molecule has 0 saturated heterocycles. The van der Waals surface area contributed by atoms with Gasteiger partial charge in [0.2, 0.25) is 0 Å². The van der Waals surface area contributed by atoms with Gasteiger partial charge in [0.05, 0.1) is 12.8 Å². The first-order valence-corrected chi connectivity index (χ1v) is 6.43.